The van der Waals surface area contributed by atoms with Gasteiger partial charge >= 0.3 is 0 Å². The molecule has 3 aromatic carbocycles. The first kappa shape index (κ1) is 33.5. The van der Waals surface area contributed by atoms with Gasteiger partial charge in [0, 0.05) is 94.7 Å². The lowest BCUT2D eigenvalue weighted by atomic mass is 10.2. The maximum absolute atomic E-state index is 13.2. The highest BCUT2D eigenvalue weighted by atomic mass is 35.5. The standard InChI is InChI=1S/C36H40Cl2N8O2/c1-26(47)46(45-20-18-43(19-21-45)24-27-6-4-3-5-7-27)31-23-34(42(2)25-31)35-40-32-13-8-28(22-33(32)41-35)36(48)39-29-9-11-30(12-10-29)44(16-14-37)17-15-38/h3-13,22-23,25H,14-21,24H2,1-2H3,(H,39,48)(H,40,41). The van der Waals surface area contributed by atoms with Crippen molar-refractivity contribution in [2.75, 3.05) is 66.3 Å². The molecule has 0 aliphatic carbocycles. The third-order valence-corrected chi connectivity index (χ3v) is 8.94. The first-order valence-corrected chi connectivity index (χ1v) is 17.2. The minimum atomic E-state index is -0.227. The van der Waals surface area contributed by atoms with Gasteiger partial charge in [-0.1, -0.05) is 30.3 Å². The number of hydrazine groups is 1. The van der Waals surface area contributed by atoms with Crippen LogP contribution in [0.5, 0.6) is 0 Å². The van der Waals surface area contributed by atoms with Gasteiger partial charge in [-0.25, -0.2) is 15.0 Å². The third-order valence-electron chi connectivity index (χ3n) is 8.60. The fraction of sp³-hybridized carbons (Fsp3) is 0.306. The SMILES string of the molecule is CC(=O)N(c1cc(-c2nc3cc(C(=O)Nc4ccc(N(CCCl)CCCl)cc4)ccc3[nH]2)n(C)c1)N1CCN(Cc2ccccc2)CC1. The number of aromatic nitrogens is 3. The molecule has 0 spiro atoms. The smallest absolute Gasteiger partial charge is 0.255 e. The minimum Gasteiger partial charge on any atom is -0.369 e. The van der Waals surface area contributed by atoms with Crippen LogP contribution in [0, 0.1) is 0 Å². The number of carbonyl (C=O) groups is 2. The van der Waals surface area contributed by atoms with E-state index in [1.807, 2.05) is 60.3 Å². The van der Waals surface area contributed by atoms with Crippen molar-refractivity contribution in [3.63, 3.8) is 0 Å². The molecule has 1 aliphatic rings. The van der Waals surface area contributed by atoms with Gasteiger partial charge in [0.2, 0.25) is 5.91 Å². The van der Waals surface area contributed by atoms with Crippen LogP contribution in [0.15, 0.2) is 85.1 Å². The van der Waals surface area contributed by atoms with Gasteiger partial charge in [-0.15, -0.1) is 23.2 Å². The topological polar surface area (TPSA) is 92.7 Å². The summed E-state index contributed by atoms with van der Waals surface area (Å²) in [6.45, 7) is 7.11. The number of alkyl halides is 2. The van der Waals surface area contributed by atoms with Gasteiger partial charge < -0.3 is 19.8 Å². The Morgan fingerprint density at radius 1 is 0.896 bits per heavy atom. The number of hydrogen-bond acceptors (Lipinski definition) is 6. The molecule has 1 saturated heterocycles. The lowest BCUT2D eigenvalue weighted by molar-refractivity contribution is -0.120. The van der Waals surface area contributed by atoms with Crippen molar-refractivity contribution in [3.8, 4) is 11.5 Å². The minimum absolute atomic E-state index is 0.0404. The van der Waals surface area contributed by atoms with Crippen LogP contribution in [-0.4, -0.2) is 87.3 Å². The molecular formula is C36H40Cl2N8O2. The molecule has 2 amide bonds. The summed E-state index contributed by atoms with van der Waals surface area (Å²) in [5.74, 6) is 1.39. The van der Waals surface area contributed by atoms with Gasteiger partial charge in [-0.3, -0.25) is 14.5 Å². The van der Waals surface area contributed by atoms with Gasteiger partial charge in [-0.2, -0.15) is 0 Å². The van der Waals surface area contributed by atoms with E-state index in [-0.39, 0.29) is 11.8 Å². The number of nitrogens with zero attached hydrogens (tertiary/aromatic N) is 6. The van der Waals surface area contributed by atoms with Crippen LogP contribution in [-0.2, 0) is 18.4 Å². The molecule has 12 heteroatoms. The van der Waals surface area contributed by atoms with Crippen LogP contribution in [0.2, 0.25) is 0 Å². The summed E-state index contributed by atoms with van der Waals surface area (Å²) < 4.78 is 1.97. The van der Waals surface area contributed by atoms with E-state index in [0.717, 1.165) is 55.3 Å². The number of aryl methyl sites for hydroxylation is 1. The zero-order valence-corrected chi connectivity index (χ0v) is 28.7. The van der Waals surface area contributed by atoms with E-state index in [0.29, 0.717) is 47.4 Å². The summed E-state index contributed by atoms with van der Waals surface area (Å²) in [5, 5.41) is 6.87. The second kappa shape index (κ2) is 15.3. The average Bonchev–Trinajstić information content (AvgIpc) is 3.69. The number of aromatic amines is 1. The largest absolute Gasteiger partial charge is 0.369 e. The Bertz CT molecular complexity index is 1840. The van der Waals surface area contributed by atoms with Crippen molar-refractivity contribution >= 4 is 63.1 Å². The van der Waals surface area contributed by atoms with E-state index >= 15 is 0 Å². The predicted molar refractivity (Wildman–Crippen MR) is 195 cm³/mol. The zero-order chi connectivity index (χ0) is 33.6. The Labute approximate surface area is 290 Å². The molecule has 0 radical (unpaired) electrons. The highest BCUT2D eigenvalue weighted by Crippen LogP contribution is 2.29. The number of imidazole rings is 1. The maximum atomic E-state index is 13.2. The molecule has 1 aliphatic heterocycles. The molecule has 5 aromatic rings. The molecule has 0 bridgehead atoms. The van der Waals surface area contributed by atoms with E-state index < -0.39 is 0 Å². The van der Waals surface area contributed by atoms with E-state index in [4.69, 9.17) is 28.2 Å². The Morgan fingerprint density at radius 3 is 2.27 bits per heavy atom. The zero-order valence-electron chi connectivity index (χ0n) is 27.2. The molecule has 2 N–H and O–H groups in total. The van der Waals surface area contributed by atoms with Crippen LogP contribution in [0.25, 0.3) is 22.6 Å². The molecule has 2 aromatic heterocycles. The molecule has 10 nitrogen and oxygen atoms in total. The second-order valence-electron chi connectivity index (χ2n) is 11.9. The second-order valence-corrected chi connectivity index (χ2v) is 12.7. The van der Waals surface area contributed by atoms with Gasteiger partial charge in [0.15, 0.2) is 5.82 Å². The highest BCUT2D eigenvalue weighted by molar-refractivity contribution is 6.18. The molecule has 48 heavy (non-hydrogen) atoms. The summed E-state index contributed by atoms with van der Waals surface area (Å²) in [6, 6.07) is 25.5. The van der Waals surface area contributed by atoms with E-state index in [2.05, 4.69) is 49.4 Å². The first-order chi connectivity index (χ1) is 23.3. The van der Waals surface area contributed by atoms with Crippen molar-refractivity contribution in [2.45, 2.75) is 13.5 Å². The molecule has 0 atom stereocenters. The maximum Gasteiger partial charge on any atom is 0.255 e. The number of hydrogen-bond donors (Lipinski definition) is 2. The molecule has 3 heterocycles. The summed E-state index contributed by atoms with van der Waals surface area (Å²) >= 11 is 11.9. The Balaban J connectivity index is 1.14. The molecule has 250 valence electrons. The predicted octanol–water partition coefficient (Wildman–Crippen LogP) is 6.19. The lowest BCUT2D eigenvalue weighted by Crippen LogP contribution is -2.55. The number of fused-ring (bicyclic) bond motifs is 1. The summed E-state index contributed by atoms with van der Waals surface area (Å²) in [5.41, 5.74) is 6.58. The average molecular weight is 688 g/mol. The molecular weight excluding hydrogens is 647 g/mol. The number of anilines is 3. The van der Waals surface area contributed by atoms with Gasteiger partial charge in [0.05, 0.1) is 22.4 Å². The van der Waals surface area contributed by atoms with Crippen LogP contribution < -0.4 is 15.2 Å². The van der Waals surface area contributed by atoms with Crippen molar-refractivity contribution in [3.05, 3.63) is 96.2 Å². The van der Waals surface area contributed by atoms with Crippen molar-refractivity contribution in [1.29, 1.82) is 0 Å². The number of H-pyrrole nitrogens is 1. The van der Waals surface area contributed by atoms with Gasteiger partial charge in [-0.05, 0) is 54.1 Å². The Morgan fingerprint density at radius 2 is 1.60 bits per heavy atom. The van der Waals surface area contributed by atoms with E-state index in [1.54, 1.807) is 24.1 Å². The normalized spacial score (nSPS) is 13.9. The molecule has 0 unspecified atom stereocenters. The number of nitrogens with one attached hydrogen (secondary N) is 2. The summed E-state index contributed by atoms with van der Waals surface area (Å²) in [7, 11) is 1.94. The quantitative estimate of drug-likeness (QED) is 0.152. The molecule has 1 fully saturated rings. The number of halogens is 2. The number of carbonyl (C=O) groups excluding carboxylic acids is 2. The fourth-order valence-corrected chi connectivity index (χ4v) is 6.59. The molecule has 6 rings (SSSR count). The monoisotopic (exact) mass is 686 g/mol. The number of amides is 2. The number of piperazine rings is 1. The third kappa shape index (κ3) is 7.68. The number of benzene rings is 3. The van der Waals surface area contributed by atoms with E-state index in [1.165, 1.54) is 5.56 Å². The van der Waals surface area contributed by atoms with Crippen LogP contribution in [0.1, 0.15) is 22.8 Å². The van der Waals surface area contributed by atoms with Gasteiger partial charge in [0.1, 0.15) is 0 Å². The first-order valence-electron chi connectivity index (χ1n) is 16.1. The van der Waals surface area contributed by atoms with Crippen molar-refractivity contribution in [1.82, 2.24) is 24.4 Å². The summed E-state index contributed by atoms with van der Waals surface area (Å²) in [6.07, 6.45) is 1.95. The lowest BCUT2D eigenvalue weighted by Gasteiger charge is -2.40. The molecule has 0 saturated carbocycles. The van der Waals surface area contributed by atoms with Crippen LogP contribution in [0.4, 0.5) is 17.1 Å². The van der Waals surface area contributed by atoms with Crippen LogP contribution >= 0.6 is 23.2 Å². The summed E-state index contributed by atoms with van der Waals surface area (Å²) in [4.78, 5) is 38.8. The van der Waals surface area contributed by atoms with Gasteiger partial charge in [0.25, 0.3) is 5.91 Å². The Hall–Kier alpha value is -4.35. The van der Waals surface area contributed by atoms with Crippen molar-refractivity contribution in [2.24, 2.45) is 7.05 Å². The number of rotatable bonds is 12. The van der Waals surface area contributed by atoms with E-state index in [9.17, 15) is 9.59 Å². The van der Waals surface area contributed by atoms with Crippen molar-refractivity contribution < 1.29 is 9.59 Å². The Kier molecular flexibility index (Phi) is 10.7. The van der Waals surface area contributed by atoms with Crippen LogP contribution in [0.3, 0.4) is 0 Å². The highest BCUT2D eigenvalue weighted by Gasteiger charge is 2.27. The fourth-order valence-electron chi connectivity index (χ4n) is 6.18.